The van der Waals surface area contributed by atoms with Gasteiger partial charge in [-0.2, -0.15) is 43.9 Å². The van der Waals surface area contributed by atoms with Gasteiger partial charge in [-0.25, -0.2) is 9.13 Å². The smallest absolute Gasteiger partial charge is 0.419 e. The van der Waals surface area contributed by atoms with Crippen molar-refractivity contribution in [3.8, 4) is 0 Å². The molecular formula is C23H36F16O14Rf2-2. The van der Waals surface area contributed by atoms with E-state index in [0.717, 1.165) is 0 Å². The first kappa shape index (κ1) is 63.3. The van der Waals surface area contributed by atoms with Gasteiger partial charge < -0.3 is 77.0 Å². The predicted molar refractivity (Wildman–Crippen MR) is 136 cm³/mol. The molecule has 0 fully saturated rings. The average Bonchev–Trinajstić information content (AvgIpc) is 3.00. The summed E-state index contributed by atoms with van der Waals surface area (Å²) in [6.45, 7) is -10.6. The molecule has 7 N–H and O–H groups in total. The first-order chi connectivity index (χ1) is 24.0. The molecule has 0 spiro atoms. The standard InChI is InChI=1S/C9H11F9O6.C7H12F3O3.C5H9F2O3.C2H4F2O2.2Rf/c10-6(11,20)3-21-1-5(19)2-22-4-7(12,13)23-8(14,15)9(16,17)24-18;8-1-2-12-3-6(11)4-13-5-7(9)10;6-5(7)3-10-2-4(9)1-8;3-2(4,6)1-5;;/h5,19-20H,1-4H2;6,11H,1-5H2;4,8-9H,1-3H2;5-6H,1H2;;/q;2*-1;;;. The Morgan fingerprint density at radius 1 is 0.545 bits per heavy atom. The summed E-state index contributed by atoms with van der Waals surface area (Å²) >= 11 is 0. The van der Waals surface area contributed by atoms with Gasteiger partial charge in [-0.1, -0.05) is 0 Å². The van der Waals surface area contributed by atoms with Crippen molar-refractivity contribution in [1.82, 2.24) is 0 Å². The number of aliphatic hydroxyl groups is 7. The van der Waals surface area contributed by atoms with Crippen molar-refractivity contribution in [2.24, 2.45) is 0 Å². The Bertz CT molecular complexity index is 843. The van der Waals surface area contributed by atoms with Gasteiger partial charge in [0.1, 0.15) is 44.8 Å². The minimum Gasteiger partial charge on any atom is -0.419 e. The largest absolute Gasteiger partial charge is 0.478 e. The second-order valence-corrected chi connectivity index (χ2v) is 8.99. The van der Waals surface area contributed by atoms with Gasteiger partial charge in [0.15, 0.2) is 0 Å². The van der Waals surface area contributed by atoms with Gasteiger partial charge in [-0.3, -0.25) is 0 Å². The van der Waals surface area contributed by atoms with Gasteiger partial charge in [-0.15, -0.1) is 4.94 Å². The van der Waals surface area contributed by atoms with E-state index in [1.54, 1.807) is 4.94 Å². The Hall–Kier alpha value is -3.68. The third-order valence-electron chi connectivity index (χ3n) is 3.86. The van der Waals surface area contributed by atoms with Gasteiger partial charge in [0.25, 0.3) is 0 Å². The monoisotopic (exact) mass is 1370 g/mol. The summed E-state index contributed by atoms with van der Waals surface area (Å²) in [5.74, 6) is 0. The van der Waals surface area contributed by atoms with Gasteiger partial charge in [0.2, 0.25) is 0 Å². The molecular weight excluding hydrogens is 1340 g/mol. The Morgan fingerprint density at radius 2 is 0.909 bits per heavy atom. The Labute approximate surface area is 288 Å². The van der Waals surface area contributed by atoms with E-state index < -0.39 is 121 Å². The van der Waals surface area contributed by atoms with Crippen LogP contribution in [0.15, 0.2) is 0 Å². The van der Waals surface area contributed by atoms with E-state index in [1.165, 1.54) is 0 Å². The Kier molecular flexibility index (Phi) is 37.4. The Balaban J connectivity index is -0.000000163. The maximum Gasteiger partial charge on any atom is 0.478 e. The molecule has 32 heteroatoms. The van der Waals surface area contributed by atoms with E-state index in [-0.39, 0.29) is 26.4 Å². The van der Waals surface area contributed by atoms with Crippen LogP contribution in [0.3, 0.4) is 0 Å². The number of hydrogen-bond donors (Lipinski definition) is 7. The van der Waals surface area contributed by atoms with Crippen LogP contribution < -0.4 is 0 Å². The van der Waals surface area contributed by atoms with Crippen LogP contribution in [-0.4, -0.2) is 171 Å². The number of halogens is 16. The van der Waals surface area contributed by atoms with Crippen LogP contribution in [0.5, 0.6) is 0 Å². The van der Waals surface area contributed by atoms with Gasteiger partial charge in [-0.05, 0) is 17.7 Å². The Morgan fingerprint density at radius 3 is 1.24 bits per heavy atom. The van der Waals surface area contributed by atoms with Crippen LogP contribution in [0.4, 0.5) is 70.4 Å². The molecule has 0 amide bonds. The fourth-order valence-electron chi connectivity index (χ4n) is 1.92. The van der Waals surface area contributed by atoms with E-state index in [9.17, 15) is 70.4 Å². The minimum absolute atomic E-state index is 0. The molecule has 0 radical (unpaired) electrons. The van der Waals surface area contributed by atoms with Crippen molar-refractivity contribution in [2.45, 2.75) is 48.9 Å². The molecule has 0 aromatic rings. The average molecular weight is 1370 g/mol. The SMILES string of the molecule is OC(COCC(O)(F)F)COCC(F)(F)OC(F)(F)C(F)(F)OF.OC(COCCF)COC[C-](F)F.OCC(O)(F)F.OCC(O)COC[C-](F)F.[Rf].[Rf]. The molecule has 330 valence electrons. The quantitative estimate of drug-likeness (QED) is 0.0375. The first-order valence-corrected chi connectivity index (χ1v) is 13.4. The zero-order valence-corrected chi connectivity index (χ0v) is 40.7. The van der Waals surface area contributed by atoms with Gasteiger partial charge in [0, 0.05) is 12.9 Å². The summed E-state index contributed by atoms with van der Waals surface area (Å²) in [6.07, 6.45) is -32.8. The zero-order chi connectivity index (χ0) is 42.5. The van der Waals surface area contributed by atoms with E-state index in [1.807, 2.05) is 0 Å². The van der Waals surface area contributed by atoms with Crippen LogP contribution in [0.2, 0.25) is 0 Å². The van der Waals surface area contributed by atoms with E-state index in [4.69, 9.17) is 35.7 Å². The molecule has 0 heterocycles. The molecule has 0 bridgehead atoms. The maximum atomic E-state index is 12.9. The molecule has 0 saturated carbocycles. The molecule has 0 saturated heterocycles. The van der Waals surface area contributed by atoms with Crippen molar-refractivity contribution in [3.63, 3.8) is 0 Å². The summed E-state index contributed by atoms with van der Waals surface area (Å²) in [7, 11) is 0. The van der Waals surface area contributed by atoms with Crippen LogP contribution in [0, 0.1) is 12.9 Å². The molecule has 55 heavy (non-hydrogen) atoms. The fourth-order valence-corrected chi connectivity index (χ4v) is 1.92. The third kappa shape index (κ3) is 46.4. The minimum atomic E-state index is -6.05. The molecule has 14 nitrogen and oxygen atoms in total. The molecule has 0 aliphatic rings. The van der Waals surface area contributed by atoms with Crippen LogP contribution in [0.1, 0.15) is 0 Å². The summed E-state index contributed by atoms with van der Waals surface area (Å²) in [5, 5.41) is 57.3. The molecule has 3 atom stereocenters. The molecule has 0 rings (SSSR count). The van der Waals surface area contributed by atoms with Crippen molar-refractivity contribution >= 4 is 0 Å². The topological polar surface area (TPSA) is 206 Å². The van der Waals surface area contributed by atoms with Crippen LogP contribution in [-0.2, 0) is 33.4 Å². The van der Waals surface area contributed by atoms with Crippen LogP contribution >= 0.6 is 0 Å². The number of hydrogen-bond acceptors (Lipinski definition) is 14. The molecule has 0 aromatic heterocycles. The summed E-state index contributed by atoms with van der Waals surface area (Å²) in [4.78, 5) is 1.54. The number of alkyl halides is 11. The number of aliphatic hydroxyl groups excluding tert-OH is 5. The number of rotatable bonds is 26. The summed E-state index contributed by atoms with van der Waals surface area (Å²) < 4.78 is 212. The number of ether oxygens (including phenoxy) is 6. The van der Waals surface area contributed by atoms with Gasteiger partial charge in [0.05, 0.1) is 46.2 Å². The summed E-state index contributed by atoms with van der Waals surface area (Å²) in [5.41, 5.74) is 0. The third-order valence-corrected chi connectivity index (χ3v) is 3.86. The predicted octanol–water partition coefficient (Wildman–Crippen LogP) is 1.79. The molecule has 0 aliphatic carbocycles. The van der Waals surface area contributed by atoms with Crippen LogP contribution in [0.25, 0.3) is 0 Å². The second-order valence-electron chi connectivity index (χ2n) is 8.99. The summed E-state index contributed by atoms with van der Waals surface area (Å²) in [6, 6.07) is 0. The zero-order valence-electron chi connectivity index (χ0n) is 27.9. The first-order valence-electron chi connectivity index (χ1n) is 13.4. The van der Waals surface area contributed by atoms with Crippen molar-refractivity contribution in [1.29, 1.82) is 0 Å². The van der Waals surface area contributed by atoms with Crippen molar-refractivity contribution in [3.05, 3.63) is 12.9 Å². The van der Waals surface area contributed by atoms with E-state index >= 15 is 0 Å². The van der Waals surface area contributed by atoms with E-state index in [0.29, 0.717) is 0 Å². The van der Waals surface area contributed by atoms with Gasteiger partial charge >= 0.3 is 30.5 Å². The molecule has 0 aromatic carbocycles. The molecule has 3 unspecified atom stereocenters. The second kappa shape index (κ2) is 32.6. The normalized spacial score (nSPS) is 13.9. The van der Waals surface area contributed by atoms with Crippen molar-refractivity contribution < 1.29 is 139 Å². The molecule has 0 aliphatic heterocycles. The fraction of sp³-hybridized carbons (Fsp3) is 0.913. The van der Waals surface area contributed by atoms with E-state index in [2.05, 4.69) is 28.4 Å². The maximum absolute atomic E-state index is 12.9. The van der Waals surface area contributed by atoms with Crippen molar-refractivity contribution in [2.75, 3.05) is 86.0 Å².